The molecule has 0 unspecified atom stereocenters. The zero-order chi connectivity index (χ0) is 15.3. The van der Waals surface area contributed by atoms with E-state index in [1.165, 1.54) is 0 Å². The van der Waals surface area contributed by atoms with Gasteiger partial charge in [0.1, 0.15) is 0 Å². The summed E-state index contributed by atoms with van der Waals surface area (Å²) in [5.41, 5.74) is -0.612. The molecular weight excluding hydrogens is 248 g/mol. The fourth-order valence-electron chi connectivity index (χ4n) is 1.90. The van der Waals surface area contributed by atoms with Crippen LogP contribution < -0.4 is 0 Å². The molecule has 3 N–H and O–H groups in total. The van der Waals surface area contributed by atoms with Crippen molar-refractivity contribution >= 4 is 0 Å². The van der Waals surface area contributed by atoms with Crippen LogP contribution in [-0.4, -0.2) is 52.6 Å². The van der Waals surface area contributed by atoms with Gasteiger partial charge in [0, 0.05) is 0 Å². The van der Waals surface area contributed by atoms with E-state index in [-0.39, 0.29) is 12.0 Å². The summed E-state index contributed by atoms with van der Waals surface area (Å²) in [6.45, 7) is 10.4. The van der Waals surface area contributed by atoms with Gasteiger partial charge in [0.05, 0.1) is 31.5 Å². The fraction of sp³-hybridized carbons (Fsp3) is 1.00. The summed E-state index contributed by atoms with van der Waals surface area (Å²) in [5, 5.41) is 28.4. The lowest BCUT2D eigenvalue weighted by Gasteiger charge is -2.39. The van der Waals surface area contributed by atoms with Crippen LogP contribution in [0.25, 0.3) is 0 Å². The average Bonchev–Trinajstić information content (AvgIpc) is 2.23. The molecule has 116 valence electrons. The summed E-state index contributed by atoms with van der Waals surface area (Å²) in [5.74, 6) is -1.49. The van der Waals surface area contributed by atoms with Crippen molar-refractivity contribution in [2.24, 2.45) is 5.41 Å². The SMILES string of the molecule is CC(C)(C)C[C@H](CO)OC(CO)(CO)OC(C)(C)C. The molecule has 1 atom stereocenters. The van der Waals surface area contributed by atoms with Gasteiger partial charge in [-0.2, -0.15) is 0 Å². The van der Waals surface area contributed by atoms with E-state index in [0.717, 1.165) is 0 Å². The van der Waals surface area contributed by atoms with E-state index in [0.29, 0.717) is 6.42 Å². The van der Waals surface area contributed by atoms with E-state index in [2.05, 4.69) is 0 Å². The van der Waals surface area contributed by atoms with Crippen molar-refractivity contribution in [2.75, 3.05) is 19.8 Å². The van der Waals surface area contributed by atoms with Gasteiger partial charge in [-0.1, -0.05) is 20.8 Å². The summed E-state index contributed by atoms with van der Waals surface area (Å²) in [4.78, 5) is 0. The molecule has 0 saturated carbocycles. The maximum absolute atomic E-state index is 9.49. The smallest absolute Gasteiger partial charge is 0.216 e. The van der Waals surface area contributed by atoms with Gasteiger partial charge in [-0.3, -0.25) is 0 Å². The monoisotopic (exact) mass is 278 g/mol. The Balaban J connectivity index is 4.89. The van der Waals surface area contributed by atoms with Gasteiger partial charge in [-0.25, -0.2) is 0 Å². The predicted octanol–water partition coefficient (Wildman–Crippen LogP) is 1.30. The molecule has 5 nitrogen and oxygen atoms in total. The Morgan fingerprint density at radius 1 is 0.895 bits per heavy atom. The van der Waals surface area contributed by atoms with Crippen LogP contribution in [0.5, 0.6) is 0 Å². The Labute approximate surface area is 116 Å². The fourth-order valence-corrected chi connectivity index (χ4v) is 1.90. The van der Waals surface area contributed by atoms with Crippen molar-refractivity contribution in [3.05, 3.63) is 0 Å². The van der Waals surface area contributed by atoms with Crippen molar-refractivity contribution in [1.82, 2.24) is 0 Å². The number of hydrogen-bond acceptors (Lipinski definition) is 5. The lowest BCUT2D eigenvalue weighted by atomic mass is 9.89. The zero-order valence-corrected chi connectivity index (χ0v) is 13.1. The van der Waals surface area contributed by atoms with Gasteiger partial charge in [-0.05, 0) is 32.6 Å². The van der Waals surface area contributed by atoms with E-state index in [1.54, 1.807) is 0 Å². The van der Waals surface area contributed by atoms with Gasteiger partial charge in [0.15, 0.2) is 0 Å². The van der Waals surface area contributed by atoms with Crippen LogP contribution in [0, 0.1) is 5.41 Å². The minimum atomic E-state index is -1.49. The molecule has 0 radical (unpaired) electrons. The third-order valence-electron chi connectivity index (χ3n) is 2.40. The van der Waals surface area contributed by atoms with Crippen LogP contribution in [0.2, 0.25) is 0 Å². The largest absolute Gasteiger partial charge is 0.394 e. The highest BCUT2D eigenvalue weighted by Gasteiger charge is 2.38. The minimum absolute atomic E-state index is 0.0359. The summed E-state index contributed by atoms with van der Waals surface area (Å²) >= 11 is 0. The summed E-state index contributed by atoms with van der Waals surface area (Å²) in [6, 6.07) is 0. The first-order valence-electron chi connectivity index (χ1n) is 6.67. The lowest BCUT2D eigenvalue weighted by Crippen LogP contribution is -2.51. The molecule has 0 aliphatic rings. The minimum Gasteiger partial charge on any atom is -0.394 e. The maximum Gasteiger partial charge on any atom is 0.216 e. The standard InChI is InChI=1S/C14H30O5/c1-12(2,3)7-11(8-15)18-14(9-16,10-17)19-13(4,5)6/h11,15-17H,7-10H2,1-6H3/t11-/m1/s1. The van der Waals surface area contributed by atoms with E-state index in [1.807, 2.05) is 41.5 Å². The second kappa shape index (κ2) is 6.99. The van der Waals surface area contributed by atoms with Crippen LogP contribution in [0.3, 0.4) is 0 Å². The second-order valence-corrected chi connectivity index (χ2v) is 7.13. The van der Waals surface area contributed by atoms with Crippen LogP contribution in [0.15, 0.2) is 0 Å². The third-order valence-corrected chi connectivity index (χ3v) is 2.40. The number of ether oxygens (including phenoxy) is 2. The topological polar surface area (TPSA) is 79.2 Å². The summed E-state index contributed by atoms with van der Waals surface area (Å²) in [7, 11) is 0. The Bertz CT molecular complexity index is 248. The molecule has 0 amide bonds. The molecule has 0 saturated heterocycles. The third kappa shape index (κ3) is 7.84. The molecule has 0 aliphatic heterocycles. The molecule has 5 heteroatoms. The highest BCUT2D eigenvalue weighted by atomic mass is 16.7. The Morgan fingerprint density at radius 2 is 1.37 bits per heavy atom. The average molecular weight is 278 g/mol. The highest BCUT2D eigenvalue weighted by Crippen LogP contribution is 2.28. The molecule has 0 rings (SSSR count). The number of aliphatic hydroxyl groups excluding tert-OH is 3. The van der Waals surface area contributed by atoms with Crippen molar-refractivity contribution in [3.8, 4) is 0 Å². The van der Waals surface area contributed by atoms with Crippen molar-refractivity contribution < 1.29 is 24.8 Å². The quantitative estimate of drug-likeness (QED) is 0.612. The first-order chi connectivity index (χ1) is 8.47. The first kappa shape index (κ1) is 18.8. The van der Waals surface area contributed by atoms with E-state index in [4.69, 9.17) is 9.47 Å². The van der Waals surface area contributed by atoms with Gasteiger partial charge < -0.3 is 24.8 Å². The molecule has 0 aromatic heterocycles. The van der Waals surface area contributed by atoms with Gasteiger partial charge in [0.2, 0.25) is 5.79 Å². The molecule has 0 spiro atoms. The Morgan fingerprint density at radius 3 is 1.63 bits per heavy atom. The molecule has 0 aliphatic carbocycles. The van der Waals surface area contributed by atoms with Crippen LogP contribution >= 0.6 is 0 Å². The summed E-state index contributed by atoms with van der Waals surface area (Å²) in [6.07, 6.45) is 0.0975. The normalized spacial score (nSPS) is 15.6. The van der Waals surface area contributed by atoms with E-state index < -0.39 is 30.7 Å². The van der Waals surface area contributed by atoms with Crippen molar-refractivity contribution in [2.45, 2.75) is 65.5 Å². The van der Waals surface area contributed by atoms with Gasteiger partial charge >= 0.3 is 0 Å². The molecule has 0 aromatic rings. The molecule has 19 heavy (non-hydrogen) atoms. The second-order valence-electron chi connectivity index (χ2n) is 7.13. The molecular formula is C14H30O5. The predicted molar refractivity (Wildman–Crippen MR) is 73.8 cm³/mol. The first-order valence-corrected chi connectivity index (χ1v) is 6.67. The molecule has 0 fully saturated rings. The summed E-state index contributed by atoms with van der Waals surface area (Å²) < 4.78 is 11.3. The molecule has 0 aromatic carbocycles. The number of aliphatic hydroxyl groups is 3. The van der Waals surface area contributed by atoms with E-state index >= 15 is 0 Å². The van der Waals surface area contributed by atoms with Gasteiger partial charge in [-0.15, -0.1) is 0 Å². The Hall–Kier alpha value is -0.200. The molecule has 0 bridgehead atoms. The maximum atomic E-state index is 9.49. The van der Waals surface area contributed by atoms with Crippen LogP contribution in [0.4, 0.5) is 0 Å². The van der Waals surface area contributed by atoms with Crippen molar-refractivity contribution in [3.63, 3.8) is 0 Å². The van der Waals surface area contributed by atoms with Crippen LogP contribution in [0.1, 0.15) is 48.0 Å². The van der Waals surface area contributed by atoms with E-state index in [9.17, 15) is 15.3 Å². The number of hydrogen-bond donors (Lipinski definition) is 3. The Kier molecular flexibility index (Phi) is 6.92. The number of rotatable bonds is 7. The van der Waals surface area contributed by atoms with Gasteiger partial charge in [0.25, 0.3) is 0 Å². The van der Waals surface area contributed by atoms with Crippen molar-refractivity contribution in [1.29, 1.82) is 0 Å². The van der Waals surface area contributed by atoms with Crippen LogP contribution in [-0.2, 0) is 9.47 Å². The highest BCUT2D eigenvalue weighted by molar-refractivity contribution is 4.78. The lowest BCUT2D eigenvalue weighted by molar-refractivity contribution is -0.325. The molecule has 0 heterocycles. The zero-order valence-electron chi connectivity index (χ0n) is 13.1.